The van der Waals surface area contributed by atoms with Gasteiger partial charge in [-0.25, -0.2) is 0 Å². The van der Waals surface area contributed by atoms with Gasteiger partial charge in [-0.2, -0.15) is 5.26 Å². The molecule has 0 bridgehead atoms. The summed E-state index contributed by atoms with van der Waals surface area (Å²) in [5.74, 6) is 0.690. The number of nitrogens with zero attached hydrogens (tertiary/aromatic N) is 2. The van der Waals surface area contributed by atoms with Gasteiger partial charge >= 0.3 is 0 Å². The van der Waals surface area contributed by atoms with Gasteiger partial charge in [0, 0.05) is 18.6 Å². The average Bonchev–Trinajstić information content (AvgIpc) is 2.10. The SMILES string of the molecule is CC(CC#N)NC1CCN(C)CC1C. The summed E-state index contributed by atoms with van der Waals surface area (Å²) in [7, 11) is 2.17. The number of nitrogens with one attached hydrogen (secondary N) is 1. The van der Waals surface area contributed by atoms with Crippen molar-refractivity contribution in [3.63, 3.8) is 0 Å². The molecule has 0 radical (unpaired) electrons. The van der Waals surface area contributed by atoms with Crippen molar-refractivity contribution in [2.24, 2.45) is 5.92 Å². The second-order valence-corrected chi connectivity index (χ2v) is 4.56. The third-order valence-corrected chi connectivity index (χ3v) is 3.00. The summed E-state index contributed by atoms with van der Waals surface area (Å²) in [6.45, 7) is 6.71. The second-order valence-electron chi connectivity index (χ2n) is 4.56. The van der Waals surface area contributed by atoms with Crippen molar-refractivity contribution < 1.29 is 0 Å². The quantitative estimate of drug-likeness (QED) is 0.736. The zero-order valence-electron chi connectivity index (χ0n) is 9.45. The molecule has 0 aromatic heterocycles. The van der Waals surface area contributed by atoms with Crippen LogP contribution in [0, 0.1) is 17.2 Å². The largest absolute Gasteiger partial charge is 0.310 e. The molecule has 1 saturated heterocycles. The van der Waals surface area contributed by atoms with Crippen molar-refractivity contribution in [2.45, 2.75) is 38.8 Å². The maximum absolute atomic E-state index is 8.58. The molecule has 3 atom stereocenters. The van der Waals surface area contributed by atoms with E-state index in [9.17, 15) is 0 Å². The van der Waals surface area contributed by atoms with Crippen LogP contribution >= 0.6 is 0 Å². The van der Waals surface area contributed by atoms with E-state index in [1.54, 1.807) is 0 Å². The topological polar surface area (TPSA) is 39.1 Å². The molecule has 14 heavy (non-hydrogen) atoms. The summed E-state index contributed by atoms with van der Waals surface area (Å²) in [5.41, 5.74) is 0. The molecule has 0 aromatic carbocycles. The second kappa shape index (κ2) is 5.33. The predicted octanol–water partition coefficient (Wildman–Crippen LogP) is 1.22. The van der Waals surface area contributed by atoms with Crippen molar-refractivity contribution in [1.82, 2.24) is 10.2 Å². The zero-order chi connectivity index (χ0) is 10.6. The van der Waals surface area contributed by atoms with Crippen LogP contribution in [0.25, 0.3) is 0 Å². The molecule has 3 nitrogen and oxygen atoms in total. The number of rotatable bonds is 3. The van der Waals surface area contributed by atoms with Gasteiger partial charge in [-0.3, -0.25) is 0 Å². The highest BCUT2D eigenvalue weighted by atomic mass is 15.1. The fourth-order valence-electron chi connectivity index (χ4n) is 2.16. The van der Waals surface area contributed by atoms with Crippen LogP contribution in [0.3, 0.4) is 0 Å². The first kappa shape index (κ1) is 11.5. The number of likely N-dealkylation sites (tertiary alicyclic amines) is 1. The van der Waals surface area contributed by atoms with E-state index in [1.807, 2.05) is 0 Å². The molecule has 0 saturated carbocycles. The Labute approximate surface area is 87.1 Å². The van der Waals surface area contributed by atoms with Crippen molar-refractivity contribution in [3.8, 4) is 6.07 Å². The van der Waals surface area contributed by atoms with Crippen LogP contribution in [0.1, 0.15) is 26.7 Å². The lowest BCUT2D eigenvalue weighted by Crippen LogP contribution is -2.49. The van der Waals surface area contributed by atoms with E-state index in [-0.39, 0.29) is 0 Å². The molecule has 3 heteroatoms. The van der Waals surface area contributed by atoms with Crippen molar-refractivity contribution >= 4 is 0 Å². The summed E-state index contributed by atoms with van der Waals surface area (Å²) in [4.78, 5) is 2.37. The Morgan fingerprint density at radius 2 is 2.36 bits per heavy atom. The van der Waals surface area contributed by atoms with Gasteiger partial charge < -0.3 is 10.2 Å². The van der Waals surface area contributed by atoms with Gasteiger partial charge in [0.1, 0.15) is 0 Å². The lowest BCUT2D eigenvalue weighted by molar-refractivity contribution is 0.168. The third-order valence-electron chi connectivity index (χ3n) is 3.00. The Bertz CT molecular complexity index is 209. The molecule has 1 rings (SSSR count). The molecule has 80 valence electrons. The highest BCUT2D eigenvalue weighted by molar-refractivity contribution is 4.86. The Hall–Kier alpha value is -0.590. The van der Waals surface area contributed by atoms with Crippen LogP contribution in [-0.4, -0.2) is 37.1 Å². The minimum atomic E-state index is 0.329. The first-order valence-electron chi connectivity index (χ1n) is 5.45. The van der Waals surface area contributed by atoms with E-state index in [1.165, 1.54) is 13.0 Å². The lowest BCUT2D eigenvalue weighted by Gasteiger charge is -2.36. The van der Waals surface area contributed by atoms with E-state index >= 15 is 0 Å². The fourth-order valence-corrected chi connectivity index (χ4v) is 2.16. The maximum atomic E-state index is 8.58. The van der Waals surface area contributed by atoms with Crippen molar-refractivity contribution in [1.29, 1.82) is 5.26 Å². The Balaban J connectivity index is 2.34. The molecular weight excluding hydrogens is 174 g/mol. The fraction of sp³-hybridized carbons (Fsp3) is 0.909. The third kappa shape index (κ3) is 3.28. The first-order chi connectivity index (χ1) is 6.63. The van der Waals surface area contributed by atoms with Crippen LogP contribution in [0.15, 0.2) is 0 Å². The van der Waals surface area contributed by atoms with Crippen LogP contribution in [-0.2, 0) is 0 Å². The van der Waals surface area contributed by atoms with Gasteiger partial charge in [0.05, 0.1) is 12.5 Å². The summed E-state index contributed by atoms with van der Waals surface area (Å²) in [5, 5.41) is 12.1. The van der Waals surface area contributed by atoms with Crippen molar-refractivity contribution in [3.05, 3.63) is 0 Å². The summed E-state index contributed by atoms with van der Waals surface area (Å²) in [6, 6.07) is 3.13. The Morgan fingerprint density at radius 3 is 2.93 bits per heavy atom. The molecule has 1 aliphatic rings. The number of hydrogen-bond acceptors (Lipinski definition) is 3. The van der Waals surface area contributed by atoms with Crippen LogP contribution in [0.4, 0.5) is 0 Å². The van der Waals surface area contributed by atoms with Gasteiger partial charge in [-0.1, -0.05) is 6.92 Å². The molecule has 1 aliphatic heterocycles. The molecule has 1 N–H and O–H groups in total. The molecular formula is C11H21N3. The van der Waals surface area contributed by atoms with Gasteiger partial charge in [-0.15, -0.1) is 0 Å². The summed E-state index contributed by atoms with van der Waals surface area (Å²) < 4.78 is 0. The highest BCUT2D eigenvalue weighted by Gasteiger charge is 2.24. The monoisotopic (exact) mass is 195 g/mol. The summed E-state index contributed by atoms with van der Waals surface area (Å²) >= 11 is 0. The standard InChI is InChI=1S/C11H21N3/c1-9-8-14(3)7-5-11(9)13-10(2)4-6-12/h9-11,13H,4-5,7-8H2,1-3H3. The van der Waals surface area contributed by atoms with Gasteiger partial charge in [-0.05, 0) is 32.9 Å². The minimum Gasteiger partial charge on any atom is -0.310 e. The van der Waals surface area contributed by atoms with Crippen LogP contribution in [0.5, 0.6) is 0 Å². The van der Waals surface area contributed by atoms with Gasteiger partial charge in [0.25, 0.3) is 0 Å². The first-order valence-corrected chi connectivity index (χ1v) is 5.45. The minimum absolute atomic E-state index is 0.329. The molecule has 1 fully saturated rings. The molecule has 0 aliphatic carbocycles. The summed E-state index contributed by atoms with van der Waals surface area (Å²) in [6.07, 6.45) is 1.81. The van der Waals surface area contributed by atoms with Gasteiger partial charge in [0.15, 0.2) is 0 Å². The molecule has 3 unspecified atom stereocenters. The maximum Gasteiger partial charge on any atom is 0.0638 e. The highest BCUT2D eigenvalue weighted by Crippen LogP contribution is 2.16. The zero-order valence-corrected chi connectivity index (χ0v) is 9.45. The smallest absolute Gasteiger partial charge is 0.0638 e. The van der Waals surface area contributed by atoms with E-state index in [0.29, 0.717) is 24.4 Å². The van der Waals surface area contributed by atoms with Crippen LogP contribution in [0.2, 0.25) is 0 Å². The Kier molecular flexibility index (Phi) is 4.37. The number of nitriles is 1. The van der Waals surface area contributed by atoms with Crippen molar-refractivity contribution in [2.75, 3.05) is 20.1 Å². The molecule has 0 amide bonds. The normalized spacial score (nSPS) is 31.0. The predicted molar refractivity (Wildman–Crippen MR) is 57.9 cm³/mol. The average molecular weight is 195 g/mol. The van der Waals surface area contributed by atoms with Crippen LogP contribution < -0.4 is 5.32 Å². The van der Waals surface area contributed by atoms with E-state index < -0.39 is 0 Å². The van der Waals surface area contributed by atoms with E-state index in [0.717, 1.165) is 6.54 Å². The van der Waals surface area contributed by atoms with E-state index in [4.69, 9.17) is 5.26 Å². The molecule has 1 heterocycles. The molecule has 0 spiro atoms. The van der Waals surface area contributed by atoms with E-state index in [2.05, 4.69) is 37.2 Å². The Morgan fingerprint density at radius 1 is 1.64 bits per heavy atom. The lowest BCUT2D eigenvalue weighted by atomic mass is 9.93. The number of piperidine rings is 1. The number of hydrogen-bond donors (Lipinski definition) is 1. The molecule has 0 aromatic rings. The van der Waals surface area contributed by atoms with Gasteiger partial charge in [0.2, 0.25) is 0 Å².